The summed E-state index contributed by atoms with van der Waals surface area (Å²) in [5.41, 5.74) is 3.75. The number of carboxylic acid groups (broad SMARTS) is 1. The van der Waals surface area contributed by atoms with Crippen molar-refractivity contribution in [1.29, 1.82) is 0 Å². The fourth-order valence-electron chi connectivity index (χ4n) is 4.93. The van der Waals surface area contributed by atoms with Gasteiger partial charge >= 0.3 is 5.97 Å². The summed E-state index contributed by atoms with van der Waals surface area (Å²) >= 11 is 6.34. The molecular formula is C27H36ClNO4. The van der Waals surface area contributed by atoms with Gasteiger partial charge in [-0.2, -0.15) is 0 Å². The first-order valence-corrected chi connectivity index (χ1v) is 12.5. The van der Waals surface area contributed by atoms with Crippen LogP contribution in [0.15, 0.2) is 22.7 Å². The number of carboxylic acids is 1. The number of carbonyl (C=O) groups is 2. The van der Waals surface area contributed by atoms with Gasteiger partial charge in [-0.05, 0) is 61.6 Å². The minimum absolute atomic E-state index is 0.00394. The Morgan fingerprint density at radius 3 is 2.67 bits per heavy atom. The molecule has 1 aromatic carbocycles. The first kappa shape index (κ1) is 25.5. The summed E-state index contributed by atoms with van der Waals surface area (Å²) in [7, 11) is 0. The molecular weight excluding hydrogens is 438 g/mol. The van der Waals surface area contributed by atoms with E-state index in [1.807, 2.05) is 25.1 Å². The maximum absolute atomic E-state index is 13.0. The van der Waals surface area contributed by atoms with Crippen molar-refractivity contribution in [2.24, 2.45) is 5.92 Å². The van der Waals surface area contributed by atoms with Gasteiger partial charge in [-0.15, -0.1) is 0 Å². The first-order chi connectivity index (χ1) is 15.7. The van der Waals surface area contributed by atoms with Crippen molar-refractivity contribution >= 4 is 23.4 Å². The van der Waals surface area contributed by atoms with E-state index < -0.39 is 5.97 Å². The largest absolute Gasteiger partial charge is 0.481 e. The molecule has 1 heterocycles. The Morgan fingerprint density at radius 2 is 2.00 bits per heavy atom. The van der Waals surface area contributed by atoms with Crippen molar-refractivity contribution in [3.63, 3.8) is 0 Å². The Balaban J connectivity index is 1.83. The number of rotatable bonds is 11. The summed E-state index contributed by atoms with van der Waals surface area (Å²) in [4.78, 5) is 24.4. The van der Waals surface area contributed by atoms with E-state index >= 15 is 0 Å². The SMILES string of the molecule is Cc1ccc(CC(=O)C[C@H](CCC(=O)O)c2noc3c2C(C)CCC3CCC(C)C)c(Cl)c1. The maximum atomic E-state index is 13.0. The number of fused-ring (bicyclic) bond motifs is 1. The molecule has 0 saturated heterocycles. The highest BCUT2D eigenvalue weighted by Crippen LogP contribution is 2.45. The van der Waals surface area contributed by atoms with E-state index in [0.29, 0.717) is 29.2 Å². The van der Waals surface area contributed by atoms with Crippen molar-refractivity contribution in [2.45, 2.75) is 96.8 Å². The van der Waals surface area contributed by atoms with E-state index in [-0.39, 0.29) is 31.0 Å². The van der Waals surface area contributed by atoms with Crippen LogP contribution in [0.2, 0.25) is 5.02 Å². The number of benzene rings is 1. The molecule has 3 rings (SSSR count). The zero-order valence-corrected chi connectivity index (χ0v) is 21.0. The van der Waals surface area contributed by atoms with Crippen LogP contribution in [-0.4, -0.2) is 22.0 Å². The minimum atomic E-state index is -0.866. The van der Waals surface area contributed by atoms with Crippen LogP contribution in [0.25, 0.3) is 0 Å². The lowest BCUT2D eigenvalue weighted by atomic mass is 9.76. The minimum Gasteiger partial charge on any atom is -0.481 e. The zero-order chi connectivity index (χ0) is 24.1. The van der Waals surface area contributed by atoms with Gasteiger partial charge in [0.25, 0.3) is 0 Å². The number of aryl methyl sites for hydroxylation is 1. The number of nitrogens with zero attached hydrogens (tertiary/aromatic N) is 1. The normalized spacial score (nSPS) is 18.8. The summed E-state index contributed by atoms with van der Waals surface area (Å²) < 4.78 is 5.89. The molecule has 0 saturated carbocycles. The summed E-state index contributed by atoms with van der Waals surface area (Å²) in [5.74, 6) is 1.13. The van der Waals surface area contributed by atoms with E-state index in [9.17, 15) is 14.7 Å². The number of Topliss-reactive ketones (excluding diaryl/α,β-unsaturated/α-hetero) is 1. The molecule has 0 amide bonds. The summed E-state index contributed by atoms with van der Waals surface area (Å²) in [5, 5.41) is 14.3. The predicted molar refractivity (Wildman–Crippen MR) is 130 cm³/mol. The third-order valence-corrected chi connectivity index (χ3v) is 7.20. The lowest BCUT2D eigenvalue weighted by Crippen LogP contribution is -2.17. The van der Waals surface area contributed by atoms with E-state index in [1.54, 1.807) is 0 Å². The first-order valence-electron chi connectivity index (χ1n) is 12.1. The molecule has 5 nitrogen and oxygen atoms in total. The molecule has 0 fully saturated rings. The molecule has 0 aliphatic heterocycles. The van der Waals surface area contributed by atoms with Gasteiger partial charge < -0.3 is 9.63 Å². The van der Waals surface area contributed by atoms with Gasteiger partial charge in [0.05, 0.1) is 5.69 Å². The topological polar surface area (TPSA) is 80.4 Å². The third kappa shape index (κ3) is 6.69. The molecule has 0 spiro atoms. The van der Waals surface area contributed by atoms with E-state index in [4.69, 9.17) is 16.1 Å². The van der Waals surface area contributed by atoms with Crippen molar-refractivity contribution in [3.8, 4) is 0 Å². The van der Waals surface area contributed by atoms with Gasteiger partial charge in [-0.1, -0.05) is 56.1 Å². The molecule has 1 aliphatic rings. The van der Waals surface area contributed by atoms with Gasteiger partial charge in [-0.3, -0.25) is 9.59 Å². The van der Waals surface area contributed by atoms with Crippen molar-refractivity contribution < 1.29 is 19.2 Å². The van der Waals surface area contributed by atoms with Gasteiger partial charge in [0.1, 0.15) is 11.5 Å². The number of carbonyl (C=O) groups excluding carboxylic acids is 1. The molecule has 2 aromatic rings. The molecule has 3 atom stereocenters. The molecule has 6 heteroatoms. The third-order valence-electron chi connectivity index (χ3n) is 6.85. The Labute approximate surface area is 201 Å². The number of hydrogen-bond donors (Lipinski definition) is 1. The van der Waals surface area contributed by atoms with E-state index in [2.05, 4.69) is 25.9 Å². The molecule has 0 radical (unpaired) electrons. The van der Waals surface area contributed by atoms with Crippen molar-refractivity contribution in [1.82, 2.24) is 5.16 Å². The maximum Gasteiger partial charge on any atom is 0.303 e. The Bertz CT molecular complexity index is 980. The van der Waals surface area contributed by atoms with Crippen LogP contribution in [0, 0.1) is 12.8 Å². The molecule has 0 bridgehead atoms. The highest BCUT2D eigenvalue weighted by atomic mass is 35.5. The Hall–Kier alpha value is -2.14. The molecule has 2 unspecified atom stereocenters. The zero-order valence-electron chi connectivity index (χ0n) is 20.2. The van der Waals surface area contributed by atoms with E-state index in [0.717, 1.165) is 53.8 Å². The average molecular weight is 474 g/mol. The van der Waals surface area contributed by atoms with Crippen LogP contribution < -0.4 is 0 Å². The lowest BCUT2D eigenvalue weighted by molar-refractivity contribution is -0.137. The fourth-order valence-corrected chi connectivity index (χ4v) is 5.23. The summed E-state index contributed by atoms with van der Waals surface area (Å²) in [6, 6.07) is 5.70. The molecule has 1 aliphatic carbocycles. The van der Waals surface area contributed by atoms with E-state index in [1.165, 1.54) is 0 Å². The van der Waals surface area contributed by atoms with Crippen LogP contribution in [0.5, 0.6) is 0 Å². The van der Waals surface area contributed by atoms with Gasteiger partial charge in [0.2, 0.25) is 0 Å². The lowest BCUT2D eigenvalue weighted by Gasteiger charge is -2.27. The van der Waals surface area contributed by atoms with Crippen LogP contribution in [0.1, 0.15) is 112 Å². The smallest absolute Gasteiger partial charge is 0.303 e. The standard InChI is InChI=1S/C27H36ClNO4/c1-16(2)5-8-19-10-7-18(4)25-26(29-33-27(19)25)21(11-12-24(31)32)15-22(30)14-20-9-6-17(3)13-23(20)28/h6,9,13,16,18-19,21H,5,7-8,10-12,14-15H2,1-4H3,(H,31,32)/t18?,19?,21-/m0/s1. The number of hydrogen-bond acceptors (Lipinski definition) is 4. The quantitative estimate of drug-likeness (QED) is 0.373. The van der Waals surface area contributed by atoms with Crippen LogP contribution in [0.3, 0.4) is 0 Å². The van der Waals surface area contributed by atoms with Crippen LogP contribution >= 0.6 is 11.6 Å². The van der Waals surface area contributed by atoms with Crippen molar-refractivity contribution in [3.05, 3.63) is 51.4 Å². The van der Waals surface area contributed by atoms with Crippen LogP contribution in [-0.2, 0) is 16.0 Å². The van der Waals surface area contributed by atoms with Gasteiger partial charge in [0, 0.05) is 41.7 Å². The second-order valence-electron chi connectivity index (χ2n) is 10.1. The molecule has 180 valence electrons. The van der Waals surface area contributed by atoms with Gasteiger partial charge in [0.15, 0.2) is 0 Å². The predicted octanol–water partition coefficient (Wildman–Crippen LogP) is 7.20. The molecule has 1 N–H and O–H groups in total. The highest BCUT2D eigenvalue weighted by molar-refractivity contribution is 6.31. The van der Waals surface area contributed by atoms with Crippen molar-refractivity contribution in [2.75, 3.05) is 0 Å². The highest BCUT2D eigenvalue weighted by Gasteiger charge is 2.35. The average Bonchev–Trinajstić information content (AvgIpc) is 3.18. The second-order valence-corrected chi connectivity index (χ2v) is 10.5. The van der Waals surface area contributed by atoms with Crippen LogP contribution in [0.4, 0.5) is 0 Å². The fraction of sp³-hybridized carbons (Fsp3) is 0.593. The molecule has 1 aromatic heterocycles. The summed E-state index contributed by atoms with van der Waals surface area (Å²) in [6.07, 6.45) is 5.17. The number of aromatic nitrogens is 1. The number of aliphatic carboxylic acids is 1. The Kier molecular flexibility index (Phi) is 8.75. The summed E-state index contributed by atoms with van der Waals surface area (Å²) in [6.45, 7) is 8.60. The molecule has 33 heavy (non-hydrogen) atoms. The monoisotopic (exact) mass is 473 g/mol. The number of halogens is 1. The Morgan fingerprint density at radius 1 is 1.24 bits per heavy atom. The second kappa shape index (κ2) is 11.3. The number of ketones is 1. The van der Waals surface area contributed by atoms with Gasteiger partial charge in [-0.25, -0.2) is 0 Å².